The van der Waals surface area contributed by atoms with Crippen LogP contribution in [-0.4, -0.2) is 22.8 Å². The molecule has 1 heterocycles. The van der Waals surface area contributed by atoms with Crippen LogP contribution < -0.4 is 0 Å². The number of nitrogens with one attached hydrogen (secondary N) is 1. The number of hydrogen-bond donors (Lipinski definition) is 1. The van der Waals surface area contributed by atoms with E-state index in [-0.39, 0.29) is 5.82 Å². The summed E-state index contributed by atoms with van der Waals surface area (Å²) in [4.78, 5) is 2.98. The van der Waals surface area contributed by atoms with Crippen molar-refractivity contribution in [1.29, 1.82) is 0 Å². The van der Waals surface area contributed by atoms with Crippen molar-refractivity contribution in [3.63, 3.8) is 0 Å². The minimum absolute atomic E-state index is 0.274. The summed E-state index contributed by atoms with van der Waals surface area (Å²) in [5.41, 5.74) is 2.58. The van der Waals surface area contributed by atoms with E-state index in [0.29, 0.717) is 30.0 Å². The van der Waals surface area contributed by atoms with Crippen molar-refractivity contribution in [2.24, 2.45) is 0 Å². The predicted octanol–water partition coefficient (Wildman–Crippen LogP) is 3.43. The molecule has 3 nitrogen and oxygen atoms in total. The molecule has 0 saturated carbocycles. The van der Waals surface area contributed by atoms with E-state index in [1.54, 1.807) is 6.07 Å². The number of aromatic amines is 1. The number of halogens is 1. The molecule has 0 amide bonds. The first-order valence-corrected chi connectivity index (χ1v) is 6.09. The molecule has 1 aromatic carbocycles. The van der Waals surface area contributed by atoms with Crippen molar-refractivity contribution in [2.75, 3.05) is 13.2 Å². The van der Waals surface area contributed by atoms with Crippen molar-refractivity contribution in [3.05, 3.63) is 40.9 Å². The first kappa shape index (κ1) is 13.0. The van der Waals surface area contributed by atoms with E-state index in [1.807, 2.05) is 11.5 Å². The molecule has 0 spiro atoms. The molecule has 0 aliphatic rings. The van der Waals surface area contributed by atoms with Crippen LogP contribution in [-0.2, 0) is 11.3 Å². The van der Waals surface area contributed by atoms with E-state index in [2.05, 4.69) is 11.6 Å². The smallest absolute Gasteiger partial charge is 0.178 e. The summed E-state index contributed by atoms with van der Waals surface area (Å²) in [6, 6.07) is 4.59. The molecule has 1 aromatic heterocycles. The van der Waals surface area contributed by atoms with E-state index >= 15 is 0 Å². The zero-order valence-electron chi connectivity index (χ0n) is 10.2. The molecular formula is C13H15FN2OS. The van der Waals surface area contributed by atoms with Crippen LogP contribution in [0.4, 0.5) is 4.39 Å². The summed E-state index contributed by atoms with van der Waals surface area (Å²) in [5.74, 6) is -0.274. The number of benzene rings is 1. The van der Waals surface area contributed by atoms with Crippen molar-refractivity contribution in [2.45, 2.75) is 13.5 Å². The maximum atomic E-state index is 13.1. The van der Waals surface area contributed by atoms with Gasteiger partial charge in [0.1, 0.15) is 5.82 Å². The third-order valence-electron chi connectivity index (χ3n) is 2.54. The Morgan fingerprint density at radius 1 is 1.56 bits per heavy atom. The third-order valence-corrected chi connectivity index (χ3v) is 2.87. The Morgan fingerprint density at radius 2 is 2.33 bits per heavy atom. The average molecular weight is 266 g/mol. The zero-order chi connectivity index (χ0) is 13.1. The lowest BCUT2D eigenvalue weighted by Crippen LogP contribution is -2.07. The van der Waals surface area contributed by atoms with Crippen LogP contribution in [0.25, 0.3) is 11.0 Å². The predicted molar refractivity (Wildman–Crippen MR) is 72.7 cm³/mol. The standard InChI is InChI=1S/C13H15FN2OS/c1-9(2)8-17-6-5-16-12-4-3-10(14)7-11(12)15-13(16)18/h3-4,7H,1,5-6,8H2,2H3,(H,15,18). The maximum absolute atomic E-state index is 13.1. The minimum Gasteiger partial charge on any atom is -0.375 e. The average Bonchev–Trinajstić information content (AvgIpc) is 2.59. The summed E-state index contributed by atoms with van der Waals surface area (Å²) in [6.07, 6.45) is 0. The van der Waals surface area contributed by atoms with Gasteiger partial charge in [-0.2, -0.15) is 0 Å². The molecule has 0 bridgehead atoms. The van der Waals surface area contributed by atoms with Gasteiger partial charge in [-0.1, -0.05) is 12.2 Å². The highest BCUT2D eigenvalue weighted by Crippen LogP contribution is 2.15. The summed E-state index contributed by atoms with van der Waals surface area (Å²) in [5, 5.41) is 0. The topological polar surface area (TPSA) is 29.9 Å². The van der Waals surface area contributed by atoms with Gasteiger partial charge in [-0.05, 0) is 37.3 Å². The first-order valence-electron chi connectivity index (χ1n) is 5.68. The van der Waals surface area contributed by atoms with Crippen molar-refractivity contribution in [3.8, 4) is 0 Å². The van der Waals surface area contributed by atoms with Gasteiger partial charge >= 0.3 is 0 Å². The molecule has 0 unspecified atom stereocenters. The Hall–Kier alpha value is -1.46. The third kappa shape index (κ3) is 2.86. The van der Waals surface area contributed by atoms with Crippen molar-refractivity contribution < 1.29 is 9.13 Å². The van der Waals surface area contributed by atoms with Gasteiger partial charge in [0.25, 0.3) is 0 Å². The van der Waals surface area contributed by atoms with E-state index in [0.717, 1.165) is 11.1 Å². The maximum Gasteiger partial charge on any atom is 0.178 e. The monoisotopic (exact) mass is 266 g/mol. The Bertz CT molecular complexity index is 629. The van der Waals surface area contributed by atoms with E-state index in [4.69, 9.17) is 17.0 Å². The number of rotatable bonds is 5. The molecule has 0 fully saturated rings. The molecule has 5 heteroatoms. The molecule has 0 atom stereocenters. The minimum atomic E-state index is -0.274. The van der Waals surface area contributed by atoms with Gasteiger partial charge in [0.2, 0.25) is 0 Å². The lowest BCUT2D eigenvalue weighted by atomic mass is 10.3. The second-order valence-electron chi connectivity index (χ2n) is 4.25. The Labute approximate surface area is 110 Å². The molecule has 18 heavy (non-hydrogen) atoms. The zero-order valence-corrected chi connectivity index (χ0v) is 11.0. The first-order chi connectivity index (χ1) is 8.58. The fourth-order valence-electron chi connectivity index (χ4n) is 1.76. The van der Waals surface area contributed by atoms with Crippen LogP contribution in [0.1, 0.15) is 6.92 Å². The van der Waals surface area contributed by atoms with E-state index in [1.165, 1.54) is 12.1 Å². The number of aromatic nitrogens is 2. The second-order valence-corrected chi connectivity index (χ2v) is 4.64. The van der Waals surface area contributed by atoms with E-state index < -0.39 is 0 Å². The summed E-state index contributed by atoms with van der Waals surface area (Å²) in [6.45, 7) is 7.41. The van der Waals surface area contributed by atoms with Crippen molar-refractivity contribution in [1.82, 2.24) is 9.55 Å². The molecule has 2 aromatic rings. The van der Waals surface area contributed by atoms with Gasteiger partial charge in [-0.15, -0.1) is 0 Å². The highest BCUT2D eigenvalue weighted by atomic mass is 32.1. The highest BCUT2D eigenvalue weighted by molar-refractivity contribution is 7.71. The van der Waals surface area contributed by atoms with Gasteiger partial charge in [-0.25, -0.2) is 4.39 Å². The normalized spacial score (nSPS) is 11.0. The van der Waals surface area contributed by atoms with Gasteiger partial charge in [0.05, 0.1) is 24.2 Å². The molecule has 2 rings (SSSR count). The fraction of sp³-hybridized carbons (Fsp3) is 0.308. The Balaban J connectivity index is 2.15. The summed E-state index contributed by atoms with van der Waals surface area (Å²) < 4.78 is 21.0. The number of hydrogen-bond acceptors (Lipinski definition) is 2. The van der Waals surface area contributed by atoms with Gasteiger partial charge in [0.15, 0.2) is 4.77 Å². The molecule has 0 aliphatic carbocycles. The van der Waals surface area contributed by atoms with Crippen LogP contribution in [0.15, 0.2) is 30.4 Å². The Kier molecular flexibility index (Phi) is 3.93. The highest BCUT2D eigenvalue weighted by Gasteiger charge is 2.05. The van der Waals surface area contributed by atoms with Crippen LogP contribution in [0.3, 0.4) is 0 Å². The number of nitrogens with zero attached hydrogens (tertiary/aromatic N) is 1. The quantitative estimate of drug-likeness (QED) is 0.510. The number of imidazole rings is 1. The van der Waals surface area contributed by atoms with Gasteiger partial charge < -0.3 is 14.3 Å². The molecule has 0 aliphatic heterocycles. The fourth-order valence-corrected chi connectivity index (χ4v) is 2.06. The molecular weight excluding hydrogens is 251 g/mol. The largest absolute Gasteiger partial charge is 0.375 e. The Morgan fingerprint density at radius 3 is 3.06 bits per heavy atom. The van der Waals surface area contributed by atoms with Crippen LogP contribution in [0, 0.1) is 10.6 Å². The van der Waals surface area contributed by atoms with Crippen LogP contribution in [0.2, 0.25) is 0 Å². The van der Waals surface area contributed by atoms with Gasteiger partial charge in [0, 0.05) is 6.54 Å². The second kappa shape index (κ2) is 5.46. The lowest BCUT2D eigenvalue weighted by molar-refractivity contribution is 0.148. The summed E-state index contributed by atoms with van der Waals surface area (Å²) >= 11 is 5.21. The molecule has 1 N–H and O–H groups in total. The molecule has 96 valence electrons. The number of ether oxygens (including phenoxy) is 1. The van der Waals surface area contributed by atoms with Crippen molar-refractivity contribution >= 4 is 23.3 Å². The lowest BCUT2D eigenvalue weighted by Gasteiger charge is -2.06. The molecule has 0 radical (unpaired) electrons. The SMILES string of the molecule is C=C(C)COCCn1c(=S)[nH]c2cc(F)ccc21. The number of H-pyrrole nitrogens is 1. The van der Waals surface area contributed by atoms with Crippen LogP contribution in [0.5, 0.6) is 0 Å². The van der Waals surface area contributed by atoms with Gasteiger partial charge in [-0.3, -0.25) is 0 Å². The molecule has 0 saturated heterocycles. The van der Waals surface area contributed by atoms with E-state index in [9.17, 15) is 4.39 Å². The number of fused-ring (bicyclic) bond motifs is 1. The van der Waals surface area contributed by atoms with Crippen LogP contribution >= 0.6 is 12.2 Å². The summed E-state index contributed by atoms with van der Waals surface area (Å²) in [7, 11) is 0.